The van der Waals surface area contributed by atoms with Crippen molar-refractivity contribution in [3.8, 4) is 0 Å². The van der Waals surface area contributed by atoms with E-state index in [2.05, 4.69) is 25.8 Å². The Hall–Kier alpha value is -5.47. The van der Waals surface area contributed by atoms with Gasteiger partial charge in [0.05, 0.1) is 28.3 Å². The van der Waals surface area contributed by atoms with E-state index in [1.54, 1.807) is 30.3 Å². The fourth-order valence-corrected chi connectivity index (χ4v) is 11.0. The van der Waals surface area contributed by atoms with Crippen molar-refractivity contribution in [3.05, 3.63) is 77.1 Å². The molecule has 2 aromatic heterocycles. The lowest BCUT2D eigenvalue weighted by Gasteiger charge is -2.53. The van der Waals surface area contributed by atoms with E-state index in [-0.39, 0.29) is 58.8 Å². The molecule has 4 aromatic rings. The second-order valence-electron chi connectivity index (χ2n) is 18.8. The van der Waals surface area contributed by atoms with Gasteiger partial charge in [-0.3, -0.25) is 38.9 Å². The van der Waals surface area contributed by atoms with Gasteiger partial charge in [-0.15, -0.1) is 0 Å². The molecule has 2 aliphatic carbocycles. The molecule has 64 heavy (non-hydrogen) atoms. The summed E-state index contributed by atoms with van der Waals surface area (Å²) in [4.78, 5) is 70.6. The maximum absolute atomic E-state index is 13.6. The highest BCUT2D eigenvalue weighted by atomic mass is 32.5. The average Bonchev–Trinajstić information content (AvgIpc) is 3.74. The number of aliphatic hydroxyl groups is 1. The highest BCUT2D eigenvalue weighted by Crippen LogP contribution is 3.01. The largest absolute Gasteiger partial charge is 0.386 e. The molecule has 3 aliphatic heterocycles. The maximum atomic E-state index is 13.6. The van der Waals surface area contributed by atoms with E-state index in [0.717, 1.165) is 82.0 Å². The highest BCUT2D eigenvalue weighted by molar-refractivity contribution is 8.45. The minimum atomic E-state index is -10.1. The summed E-state index contributed by atoms with van der Waals surface area (Å²) in [6.45, 7) is 5.94. The van der Waals surface area contributed by atoms with Gasteiger partial charge in [-0.1, -0.05) is 31.6 Å². The number of halogens is 5. The van der Waals surface area contributed by atoms with Crippen molar-refractivity contribution in [1.29, 1.82) is 0 Å². The fourth-order valence-electron chi connectivity index (χ4n) is 10.3. The Bertz CT molecular complexity index is 2610. The molecule has 1 unspecified atom stereocenters. The molecule has 5 aliphatic rings. The van der Waals surface area contributed by atoms with Gasteiger partial charge in [-0.2, -0.15) is 5.10 Å². The quantitative estimate of drug-likeness (QED) is 0.0899. The van der Waals surface area contributed by atoms with Crippen LogP contribution in [0.5, 0.6) is 0 Å². The lowest BCUT2D eigenvalue weighted by Crippen LogP contribution is -2.54. The number of fused-ring (bicyclic) bond motifs is 2. The summed E-state index contributed by atoms with van der Waals surface area (Å²) in [6, 6.07) is 9.25. The van der Waals surface area contributed by atoms with Crippen LogP contribution in [0.3, 0.4) is 0 Å². The molecule has 2 saturated carbocycles. The first kappa shape index (κ1) is 43.8. The Balaban J connectivity index is 0.772. The number of carbonyl (C=O) groups excluding carboxylic acids is 5. The number of benzene rings is 2. The molecule has 4 N–H and O–H groups in total. The van der Waals surface area contributed by atoms with E-state index < -0.39 is 62.1 Å². The summed E-state index contributed by atoms with van der Waals surface area (Å²) in [5.74, 6) is -2.74. The smallest absolute Gasteiger partial charge is 0.325 e. The third-order valence-electron chi connectivity index (χ3n) is 13.7. The molecule has 4 fully saturated rings. The van der Waals surface area contributed by atoms with Crippen LogP contribution in [-0.2, 0) is 15.2 Å². The van der Waals surface area contributed by atoms with E-state index >= 15 is 0 Å². The number of likely N-dealkylation sites (tertiary alicyclic amines) is 1. The monoisotopic (exact) mass is 912 g/mol. The summed E-state index contributed by atoms with van der Waals surface area (Å²) in [7, 11) is -10.1. The normalized spacial score (nSPS) is 24.2. The van der Waals surface area contributed by atoms with Crippen LogP contribution in [0.2, 0.25) is 0 Å². The molecule has 1 atom stereocenters. The number of rotatable bonds is 10. The molecule has 0 bridgehead atoms. The van der Waals surface area contributed by atoms with Crippen molar-refractivity contribution < 1.29 is 48.5 Å². The number of carbonyl (C=O) groups is 5. The molecule has 2 aromatic carbocycles. The number of pyridine rings is 1. The topological polar surface area (TPSA) is 179 Å². The lowest BCUT2D eigenvalue weighted by molar-refractivity contribution is -0.136. The van der Waals surface area contributed by atoms with Crippen LogP contribution in [-0.4, -0.2) is 90.9 Å². The van der Waals surface area contributed by atoms with E-state index in [9.17, 15) is 48.5 Å². The molecule has 5 amide bonds. The molecule has 14 nitrogen and oxygen atoms in total. The van der Waals surface area contributed by atoms with Crippen molar-refractivity contribution in [2.24, 2.45) is 11.3 Å². The summed E-state index contributed by atoms with van der Waals surface area (Å²) < 4.78 is 69.0. The van der Waals surface area contributed by atoms with Gasteiger partial charge >= 0.3 is 10.2 Å². The molecule has 342 valence electrons. The Morgan fingerprint density at radius 3 is 2.30 bits per heavy atom. The van der Waals surface area contributed by atoms with Crippen LogP contribution in [0.25, 0.3) is 10.9 Å². The molecule has 0 radical (unpaired) electrons. The summed E-state index contributed by atoms with van der Waals surface area (Å²) in [5.41, 5.74) is -0.179. The average molecular weight is 913 g/mol. The minimum Gasteiger partial charge on any atom is -0.386 e. The Morgan fingerprint density at radius 2 is 1.62 bits per heavy atom. The summed E-state index contributed by atoms with van der Waals surface area (Å²) in [5, 5.41) is 22.2. The number of aromatic nitrogens is 3. The lowest BCUT2D eigenvalue weighted by atomic mass is 9.60. The number of nitrogens with zero attached hydrogens (tertiary/aromatic N) is 5. The number of hydrogen-bond acceptors (Lipinski definition) is 10. The van der Waals surface area contributed by atoms with Crippen molar-refractivity contribution >= 4 is 62.0 Å². The van der Waals surface area contributed by atoms with Gasteiger partial charge in [-0.05, 0) is 132 Å². The second-order valence-corrected chi connectivity index (χ2v) is 21.2. The van der Waals surface area contributed by atoms with Crippen LogP contribution in [0, 0.1) is 11.3 Å². The van der Waals surface area contributed by atoms with Crippen molar-refractivity contribution in [1.82, 2.24) is 29.9 Å². The van der Waals surface area contributed by atoms with Gasteiger partial charge in [0.2, 0.25) is 11.8 Å². The standard InChI is InChI=1S/C44H49F5N8O6S/c1-43(2,63)30-20-33-26(19-34(30)52-39(59)32-7-4-8-37(51-32)64(45,46,47,48)49)24-56(54-33)28-11-9-25(10-12-28)23-55-17-15-44(16-18-55)21-27(22-44)50-31-6-3-5-29-38(31)42(62)57(41(29)61)35-13-14-36(58)53-40(35)60/h3-8,19-20,24-25,27-28,35,50,63H,9-18,21-23H2,1-2H3,(H,52,59)(H,53,58,60). The SMILES string of the molecule is CC(C)(O)c1cc2nn(C3CCC(CN4CCC5(CC4)CC(Nc4cccc6c4C(=O)N(C4CCC(=O)NC4=O)C6=O)C5)CC3)cc2cc1NC(=O)c1cccc(S(F)(F)(F)(F)F)n1. The highest BCUT2D eigenvalue weighted by Gasteiger charge is 2.67. The van der Waals surface area contributed by atoms with Crippen LogP contribution in [0.4, 0.5) is 30.8 Å². The first-order valence-corrected chi connectivity index (χ1v) is 23.5. The first-order chi connectivity index (χ1) is 29.9. The minimum absolute atomic E-state index is 0.0596. The fraction of sp³-hybridized carbons (Fsp3) is 0.477. The zero-order chi connectivity index (χ0) is 45.6. The second kappa shape index (κ2) is 14.8. The van der Waals surface area contributed by atoms with Crippen LogP contribution in [0.1, 0.15) is 121 Å². The predicted molar refractivity (Wildman–Crippen MR) is 227 cm³/mol. The van der Waals surface area contributed by atoms with Crippen molar-refractivity contribution in [2.45, 2.75) is 107 Å². The molecule has 20 heteroatoms. The van der Waals surface area contributed by atoms with Crippen molar-refractivity contribution in [2.75, 3.05) is 30.3 Å². The van der Waals surface area contributed by atoms with Crippen LogP contribution in [0.15, 0.2) is 59.8 Å². The zero-order valence-corrected chi connectivity index (χ0v) is 36.0. The number of amides is 5. The molecule has 1 spiro atoms. The predicted octanol–water partition coefficient (Wildman–Crippen LogP) is 8.06. The van der Waals surface area contributed by atoms with E-state index in [4.69, 9.17) is 5.10 Å². The number of anilines is 2. The summed E-state index contributed by atoms with van der Waals surface area (Å²) >= 11 is 0. The number of imide groups is 2. The van der Waals surface area contributed by atoms with Gasteiger partial charge < -0.3 is 20.6 Å². The third kappa shape index (κ3) is 8.46. The van der Waals surface area contributed by atoms with E-state index in [1.165, 1.54) is 13.8 Å². The molecule has 5 heterocycles. The van der Waals surface area contributed by atoms with Gasteiger partial charge in [0, 0.05) is 47.5 Å². The molecular formula is C44H49F5N8O6S. The van der Waals surface area contributed by atoms with Crippen molar-refractivity contribution in [3.63, 3.8) is 0 Å². The Kier molecular flexibility index (Phi) is 10.1. The Labute approximate surface area is 365 Å². The number of piperidine rings is 2. The molecular weight excluding hydrogens is 864 g/mol. The van der Waals surface area contributed by atoms with E-state index in [1.807, 2.05) is 10.9 Å². The molecule has 2 saturated heterocycles. The van der Waals surface area contributed by atoms with Gasteiger partial charge in [0.1, 0.15) is 11.7 Å². The first-order valence-electron chi connectivity index (χ1n) is 21.6. The number of hydrogen-bond donors (Lipinski definition) is 4. The summed E-state index contributed by atoms with van der Waals surface area (Å²) in [6.07, 6.45) is 9.81. The van der Waals surface area contributed by atoms with Gasteiger partial charge in [0.25, 0.3) is 17.7 Å². The Morgan fingerprint density at radius 1 is 0.922 bits per heavy atom. The van der Waals surface area contributed by atoms with Gasteiger partial charge in [0.15, 0.2) is 5.03 Å². The van der Waals surface area contributed by atoms with Crippen LogP contribution < -0.4 is 16.0 Å². The molecule has 9 rings (SSSR count). The van der Waals surface area contributed by atoms with Crippen LogP contribution >= 0.6 is 10.2 Å². The third-order valence-corrected chi connectivity index (χ3v) is 14.7. The number of nitrogens with one attached hydrogen (secondary N) is 3. The van der Waals surface area contributed by atoms with E-state index in [0.29, 0.717) is 28.6 Å². The zero-order valence-electron chi connectivity index (χ0n) is 35.2. The maximum Gasteiger partial charge on any atom is 0.325 e. The van der Waals surface area contributed by atoms with Gasteiger partial charge in [-0.25, -0.2) is 4.98 Å².